The summed E-state index contributed by atoms with van der Waals surface area (Å²) in [5, 5.41) is 0. The van der Waals surface area contributed by atoms with Gasteiger partial charge in [0.15, 0.2) is 11.6 Å². The van der Waals surface area contributed by atoms with Crippen molar-refractivity contribution in [2.75, 3.05) is 26.4 Å². The Bertz CT molecular complexity index is 315. The van der Waals surface area contributed by atoms with Gasteiger partial charge < -0.3 is 18.9 Å². The van der Waals surface area contributed by atoms with E-state index in [0.717, 1.165) is 32.1 Å². The van der Waals surface area contributed by atoms with E-state index in [2.05, 4.69) is 19.1 Å². The maximum absolute atomic E-state index is 5.92. The molecule has 2 fully saturated rings. The number of ether oxygens (including phenoxy) is 4. The fourth-order valence-electron chi connectivity index (χ4n) is 2.92. The number of allylic oxidation sites excluding steroid dienone is 2. The summed E-state index contributed by atoms with van der Waals surface area (Å²) < 4.78 is 23.2. The minimum atomic E-state index is -0.455. The lowest BCUT2D eigenvalue weighted by molar-refractivity contribution is -0.200. The van der Waals surface area contributed by atoms with Crippen LogP contribution in [0.2, 0.25) is 0 Å². The summed E-state index contributed by atoms with van der Waals surface area (Å²) >= 11 is 0. The van der Waals surface area contributed by atoms with Crippen LogP contribution in [0.5, 0.6) is 0 Å². The molecule has 122 valence electrons. The molecule has 0 N–H and O–H groups in total. The second-order valence-electron chi connectivity index (χ2n) is 6.09. The highest BCUT2D eigenvalue weighted by atomic mass is 16.7. The van der Waals surface area contributed by atoms with Crippen molar-refractivity contribution in [3.05, 3.63) is 12.2 Å². The molecule has 2 rings (SSSR count). The summed E-state index contributed by atoms with van der Waals surface area (Å²) in [6.45, 7) is 6.98. The van der Waals surface area contributed by atoms with E-state index in [4.69, 9.17) is 18.9 Å². The molecule has 4 nitrogen and oxygen atoms in total. The van der Waals surface area contributed by atoms with Crippen LogP contribution >= 0.6 is 0 Å². The van der Waals surface area contributed by atoms with Crippen molar-refractivity contribution in [2.45, 2.75) is 70.4 Å². The van der Waals surface area contributed by atoms with Gasteiger partial charge in [0.05, 0.1) is 26.4 Å². The van der Waals surface area contributed by atoms with E-state index < -0.39 is 11.6 Å². The highest BCUT2D eigenvalue weighted by molar-refractivity contribution is 4.84. The van der Waals surface area contributed by atoms with E-state index in [1.807, 2.05) is 6.92 Å². The van der Waals surface area contributed by atoms with Crippen LogP contribution < -0.4 is 0 Å². The average molecular weight is 298 g/mol. The molecule has 0 spiro atoms. The lowest BCUT2D eigenvalue weighted by atomic mass is 9.99. The smallest absolute Gasteiger partial charge is 0.168 e. The van der Waals surface area contributed by atoms with E-state index >= 15 is 0 Å². The second-order valence-corrected chi connectivity index (χ2v) is 6.09. The summed E-state index contributed by atoms with van der Waals surface area (Å²) in [6.07, 6.45) is 11.7. The Labute approximate surface area is 128 Å². The van der Waals surface area contributed by atoms with Crippen LogP contribution in [0.1, 0.15) is 58.8 Å². The van der Waals surface area contributed by atoms with Crippen LogP contribution in [0.25, 0.3) is 0 Å². The highest BCUT2D eigenvalue weighted by Crippen LogP contribution is 2.35. The van der Waals surface area contributed by atoms with Crippen molar-refractivity contribution in [3.63, 3.8) is 0 Å². The quantitative estimate of drug-likeness (QED) is 0.479. The molecule has 2 heterocycles. The molecule has 0 unspecified atom stereocenters. The van der Waals surface area contributed by atoms with Crippen LogP contribution in [0, 0.1) is 0 Å². The average Bonchev–Trinajstić information content (AvgIpc) is 3.11. The van der Waals surface area contributed by atoms with Gasteiger partial charge in [0.25, 0.3) is 0 Å². The third kappa shape index (κ3) is 5.37. The topological polar surface area (TPSA) is 36.9 Å². The molecule has 0 aromatic carbocycles. The van der Waals surface area contributed by atoms with Gasteiger partial charge in [-0.15, -0.1) is 0 Å². The monoisotopic (exact) mass is 298 g/mol. The number of hydrogen-bond acceptors (Lipinski definition) is 4. The molecule has 2 aliphatic heterocycles. The van der Waals surface area contributed by atoms with E-state index in [0.29, 0.717) is 26.4 Å². The van der Waals surface area contributed by atoms with Gasteiger partial charge in [0, 0.05) is 19.3 Å². The summed E-state index contributed by atoms with van der Waals surface area (Å²) in [4.78, 5) is 0. The molecule has 2 saturated heterocycles. The Morgan fingerprint density at radius 1 is 0.810 bits per heavy atom. The van der Waals surface area contributed by atoms with E-state index in [9.17, 15) is 0 Å². The van der Waals surface area contributed by atoms with Crippen molar-refractivity contribution in [1.82, 2.24) is 0 Å². The molecule has 2 aliphatic rings. The standard InChI is InChI=1S/C17H30O4/c1-3-4-5-6-7-8-9-17(20-14-15-21-17)11-10-16(2)18-12-13-19-16/h5-6H,3-4,7-15H2,1-2H3. The van der Waals surface area contributed by atoms with Gasteiger partial charge in [0.1, 0.15) is 0 Å². The van der Waals surface area contributed by atoms with Crippen molar-refractivity contribution < 1.29 is 18.9 Å². The third-order valence-electron chi connectivity index (χ3n) is 4.22. The lowest BCUT2D eigenvalue weighted by Gasteiger charge is -2.31. The minimum Gasteiger partial charge on any atom is -0.348 e. The molecule has 0 amide bonds. The zero-order valence-corrected chi connectivity index (χ0v) is 13.6. The third-order valence-corrected chi connectivity index (χ3v) is 4.22. The molecule has 0 bridgehead atoms. The predicted octanol–water partition coefficient (Wildman–Crippen LogP) is 3.80. The van der Waals surface area contributed by atoms with Gasteiger partial charge in [-0.3, -0.25) is 0 Å². The summed E-state index contributed by atoms with van der Waals surface area (Å²) in [5.74, 6) is -0.875. The van der Waals surface area contributed by atoms with E-state index in [1.54, 1.807) is 0 Å². The maximum Gasteiger partial charge on any atom is 0.168 e. The molecular formula is C17H30O4. The fraction of sp³-hybridized carbons (Fsp3) is 0.882. The first-order valence-corrected chi connectivity index (χ1v) is 8.39. The van der Waals surface area contributed by atoms with Crippen LogP contribution in [0.4, 0.5) is 0 Å². The highest BCUT2D eigenvalue weighted by Gasteiger charge is 2.40. The number of unbranched alkanes of at least 4 members (excludes halogenated alkanes) is 2. The molecular weight excluding hydrogens is 268 g/mol. The number of hydrogen-bond donors (Lipinski definition) is 0. The second kappa shape index (κ2) is 8.28. The van der Waals surface area contributed by atoms with Gasteiger partial charge >= 0.3 is 0 Å². The Morgan fingerprint density at radius 2 is 1.43 bits per heavy atom. The molecule has 0 atom stereocenters. The van der Waals surface area contributed by atoms with Crippen LogP contribution in [-0.2, 0) is 18.9 Å². The lowest BCUT2D eigenvalue weighted by Crippen LogP contribution is -2.35. The van der Waals surface area contributed by atoms with Crippen LogP contribution in [0.15, 0.2) is 12.2 Å². The molecule has 0 radical (unpaired) electrons. The van der Waals surface area contributed by atoms with Crippen molar-refractivity contribution >= 4 is 0 Å². The number of rotatable bonds is 9. The molecule has 0 aromatic heterocycles. The van der Waals surface area contributed by atoms with Gasteiger partial charge in [-0.25, -0.2) is 0 Å². The fourth-order valence-corrected chi connectivity index (χ4v) is 2.92. The molecule has 0 aliphatic carbocycles. The largest absolute Gasteiger partial charge is 0.348 e. The summed E-state index contributed by atoms with van der Waals surface area (Å²) in [5.41, 5.74) is 0. The Kier molecular flexibility index (Phi) is 6.68. The normalized spacial score (nSPS) is 24.1. The molecule has 0 aromatic rings. The summed E-state index contributed by atoms with van der Waals surface area (Å²) in [7, 11) is 0. The molecule has 0 saturated carbocycles. The first-order chi connectivity index (χ1) is 10.2. The maximum atomic E-state index is 5.92. The minimum absolute atomic E-state index is 0.420. The Morgan fingerprint density at radius 3 is 2.10 bits per heavy atom. The SMILES string of the molecule is CCCC=CCCCC1(CCC2(C)OCCO2)OCCO1. The van der Waals surface area contributed by atoms with Crippen LogP contribution in [0.3, 0.4) is 0 Å². The van der Waals surface area contributed by atoms with Crippen molar-refractivity contribution in [2.24, 2.45) is 0 Å². The molecule has 4 heteroatoms. The molecule has 21 heavy (non-hydrogen) atoms. The van der Waals surface area contributed by atoms with Gasteiger partial charge in [0.2, 0.25) is 0 Å². The first kappa shape index (κ1) is 16.9. The zero-order valence-electron chi connectivity index (χ0n) is 13.6. The van der Waals surface area contributed by atoms with Crippen molar-refractivity contribution in [3.8, 4) is 0 Å². The predicted molar refractivity (Wildman–Crippen MR) is 82.1 cm³/mol. The van der Waals surface area contributed by atoms with Gasteiger partial charge in [-0.2, -0.15) is 0 Å². The van der Waals surface area contributed by atoms with Crippen molar-refractivity contribution in [1.29, 1.82) is 0 Å². The van der Waals surface area contributed by atoms with E-state index in [-0.39, 0.29) is 0 Å². The first-order valence-electron chi connectivity index (χ1n) is 8.39. The van der Waals surface area contributed by atoms with Gasteiger partial charge in [-0.1, -0.05) is 25.5 Å². The van der Waals surface area contributed by atoms with Gasteiger partial charge in [-0.05, 0) is 26.2 Å². The summed E-state index contributed by atoms with van der Waals surface area (Å²) in [6, 6.07) is 0. The van der Waals surface area contributed by atoms with E-state index in [1.165, 1.54) is 12.8 Å². The van der Waals surface area contributed by atoms with Crippen LogP contribution in [-0.4, -0.2) is 38.0 Å². The Balaban J connectivity index is 1.74. The Hall–Kier alpha value is -0.420. The zero-order chi connectivity index (χ0) is 15.0.